The lowest BCUT2D eigenvalue weighted by Gasteiger charge is -2.34. The standard InChI is InChI=1S/C25H29N3O4S/c26-17-20-8-10-24(11-9-20)33(30,31)28-14-12-22(13-15-28)25(29)27(19-23-7-4-16-32-23)18-21-5-2-1-3-6-21/h1-3,5-6,8-11,22-23H,4,7,12-16,18-19H2. The van der Waals surface area contributed by atoms with Crippen LogP contribution in [0.15, 0.2) is 59.5 Å². The number of piperidine rings is 1. The van der Waals surface area contributed by atoms with Crippen molar-refractivity contribution in [2.75, 3.05) is 26.2 Å². The molecule has 174 valence electrons. The average Bonchev–Trinajstić information content (AvgIpc) is 3.37. The number of benzene rings is 2. The van der Waals surface area contributed by atoms with Gasteiger partial charge >= 0.3 is 0 Å². The predicted octanol–water partition coefficient (Wildman–Crippen LogP) is 3.17. The van der Waals surface area contributed by atoms with Gasteiger partial charge in [-0.05, 0) is 55.5 Å². The summed E-state index contributed by atoms with van der Waals surface area (Å²) in [6.07, 6.45) is 3.02. The number of hydrogen-bond donors (Lipinski definition) is 0. The lowest BCUT2D eigenvalue weighted by molar-refractivity contribution is -0.139. The van der Waals surface area contributed by atoms with Crippen LogP contribution in [-0.2, 0) is 26.1 Å². The van der Waals surface area contributed by atoms with E-state index in [1.807, 2.05) is 41.3 Å². The maximum Gasteiger partial charge on any atom is 0.243 e. The van der Waals surface area contributed by atoms with Crippen molar-refractivity contribution in [1.82, 2.24) is 9.21 Å². The van der Waals surface area contributed by atoms with Gasteiger partial charge in [-0.15, -0.1) is 0 Å². The molecule has 1 unspecified atom stereocenters. The van der Waals surface area contributed by atoms with Gasteiger partial charge in [0.05, 0.1) is 22.6 Å². The summed E-state index contributed by atoms with van der Waals surface area (Å²) in [4.78, 5) is 15.5. The minimum absolute atomic E-state index is 0.0644. The van der Waals surface area contributed by atoms with E-state index in [9.17, 15) is 13.2 Å². The highest BCUT2D eigenvalue weighted by molar-refractivity contribution is 7.89. The van der Waals surface area contributed by atoms with Crippen molar-refractivity contribution in [3.05, 3.63) is 65.7 Å². The molecule has 8 heteroatoms. The Labute approximate surface area is 195 Å². The monoisotopic (exact) mass is 467 g/mol. The molecule has 2 aliphatic rings. The number of hydrogen-bond acceptors (Lipinski definition) is 5. The van der Waals surface area contributed by atoms with Gasteiger partial charge in [0.15, 0.2) is 0 Å². The number of carbonyl (C=O) groups is 1. The van der Waals surface area contributed by atoms with Crippen molar-refractivity contribution < 1.29 is 17.9 Å². The summed E-state index contributed by atoms with van der Waals surface area (Å²) in [7, 11) is -3.64. The highest BCUT2D eigenvalue weighted by Gasteiger charge is 2.34. The van der Waals surface area contributed by atoms with Crippen LogP contribution in [0, 0.1) is 17.2 Å². The predicted molar refractivity (Wildman–Crippen MR) is 123 cm³/mol. The molecule has 33 heavy (non-hydrogen) atoms. The Kier molecular flexibility index (Phi) is 7.43. The highest BCUT2D eigenvalue weighted by Crippen LogP contribution is 2.27. The highest BCUT2D eigenvalue weighted by atomic mass is 32.2. The molecule has 7 nitrogen and oxygen atoms in total. The second kappa shape index (κ2) is 10.5. The summed E-state index contributed by atoms with van der Waals surface area (Å²) in [6, 6.07) is 17.9. The van der Waals surface area contributed by atoms with E-state index in [1.165, 1.54) is 28.6 Å². The first-order chi connectivity index (χ1) is 16.0. The Hall–Kier alpha value is -2.73. The maximum absolute atomic E-state index is 13.5. The Morgan fingerprint density at radius 1 is 1.06 bits per heavy atom. The number of rotatable bonds is 7. The molecule has 1 amide bonds. The quantitative estimate of drug-likeness (QED) is 0.624. The Morgan fingerprint density at radius 3 is 2.36 bits per heavy atom. The molecule has 2 fully saturated rings. The number of ether oxygens (including phenoxy) is 1. The third-order valence-electron chi connectivity index (χ3n) is 6.40. The second-order valence-electron chi connectivity index (χ2n) is 8.65. The smallest absolute Gasteiger partial charge is 0.243 e. The van der Waals surface area contributed by atoms with E-state index >= 15 is 0 Å². The topological polar surface area (TPSA) is 90.7 Å². The van der Waals surface area contributed by atoms with Crippen molar-refractivity contribution in [2.45, 2.75) is 43.2 Å². The van der Waals surface area contributed by atoms with Crippen LogP contribution in [-0.4, -0.2) is 55.9 Å². The van der Waals surface area contributed by atoms with Gasteiger partial charge in [0.1, 0.15) is 0 Å². The van der Waals surface area contributed by atoms with Crippen LogP contribution in [0.3, 0.4) is 0 Å². The number of sulfonamides is 1. The van der Waals surface area contributed by atoms with Crippen LogP contribution in [0.2, 0.25) is 0 Å². The van der Waals surface area contributed by atoms with Crippen LogP contribution in [0.25, 0.3) is 0 Å². The van der Waals surface area contributed by atoms with E-state index in [-0.39, 0.29) is 22.8 Å². The molecule has 0 saturated carbocycles. The Balaban J connectivity index is 1.41. The van der Waals surface area contributed by atoms with E-state index in [2.05, 4.69) is 0 Å². The van der Waals surface area contributed by atoms with Crippen LogP contribution < -0.4 is 0 Å². The van der Waals surface area contributed by atoms with Gasteiger partial charge in [-0.3, -0.25) is 4.79 Å². The fourth-order valence-electron chi connectivity index (χ4n) is 4.52. The molecule has 4 rings (SSSR count). The number of nitriles is 1. The molecular weight excluding hydrogens is 438 g/mol. The van der Waals surface area contributed by atoms with E-state index in [4.69, 9.17) is 10.00 Å². The van der Waals surface area contributed by atoms with Crippen LogP contribution >= 0.6 is 0 Å². The van der Waals surface area contributed by atoms with Gasteiger partial charge < -0.3 is 9.64 Å². The summed E-state index contributed by atoms with van der Waals surface area (Å²) >= 11 is 0. The zero-order valence-corrected chi connectivity index (χ0v) is 19.4. The Morgan fingerprint density at radius 2 is 1.76 bits per heavy atom. The van der Waals surface area contributed by atoms with Crippen molar-refractivity contribution >= 4 is 15.9 Å². The number of nitrogens with zero attached hydrogens (tertiary/aromatic N) is 3. The molecular formula is C25H29N3O4S. The lowest BCUT2D eigenvalue weighted by atomic mass is 9.96. The molecule has 1 atom stereocenters. The molecule has 0 aromatic heterocycles. The van der Waals surface area contributed by atoms with Crippen LogP contribution in [0.5, 0.6) is 0 Å². The molecule has 2 aromatic carbocycles. The fraction of sp³-hybridized carbons (Fsp3) is 0.440. The zero-order valence-electron chi connectivity index (χ0n) is 18.6. The minimum Gasteiger partial charge on any atom is -0.376 e. The third kappa shape index (κ3) is 5.61. The van der Waals surface area contributed by atoms with Crippen molar-refractivity contribution in [3.63, 3.8) is 0 Å². The van der Waals surface area contributed by atoms with Gasteiger partial charge in [-0.2, -0.15) is 9.57 Å². The lowest BCUT2D eigenvalue weighted by Crippen LogP contribution is -2.45. The largest absolute Gasteiger partial charge is 0.376 e. The molecule has 2 aromatic rings. The number of amides is 1. The molecule has 0 aliphatic carbocycles. The van der Waals surface area contributed by atoms with E-state index in [0.29, 0.717) is 44.6 Å². The summed E-state index contributed by atoms with van der Waals surface area (Å²) in [5.74, 6) is -0.132. The first kappa shape index (κ1) is 23.4. The second-order valence-corrected chi connectivity index (χ2v) is 10.6. The molecule has 0 N–H and O–H groups in total. The Bertz CT molecular complexity index is 1080. The van der Waals surface area contributed by atoms with Crippen molar-refractivity contribution in [1.29, 1.82) is 5.26 Å². The first-order valence-corrected chi connectivity index (χ1v) is 12.9. The number of carbonyl (C=O) groups excluding carboxylic acids is 1. The molecule has 2 saturated heterocycles. The van der Waals surface area contributed by atoms with Gasteiger partial charge in [0, 0.05) is 38.7 Å². The summed E-state index contributed by atoms with van der Waals surface area (Å²) in [5, 5.41) is 8.94. The van der Waals surface area contributed by atoms with Crippen LogP contribution in [0.4, 0.5) is 0 Å². The summed E-state index contributed by atoms with van der Waals surface area (Å²) < 4.78 is 33.2. The van der Waals surface area contributed by atoms with Gasteiger partial charge in [0.2, 0.25) is 15.9 Å². The minimum atomic E-state index is -3.64. The molecule has 0 radical (unpaired) electrons. The molecule has 0 spiro atoms. The van der Waals surface area contributed by atoms with Crippen molar-refractivity contribution in [2.24, 2.45) is 5.92 Å². The average molecular weight is 468 g/mol. The fourth-order valence-corrected chi connectivity index (χ4v) is 5.99. The summed E-state index contributed by atoms with van der Waals surface area (Å²) in [5.41, 5.74) is 1.49. The third-order valence-corrected chi connectivity index (χ3v) is 8.31. The van der Waals surface area contributed by atoms with E-state index in [1.54, 1.807) is 0 Å². The van der Waals surface area contributed by atoms with Crippen LogP contribution in [0.1, 0.15) is 36.8 Å². The van der Waals surface area contributed by atoms with Gasteiger partial charge in [0.25, 0.3) is 0 Å². The van der Waals surface area contributed by atoms with Crippen molar-refractivity contribution in [3.8, 4) is 6.07 Å². The van der Waals surface area contributed by atoms with E-state index < -0.39 is 10.0 Å². The molecule has 2 aliphatic heterocycles. The summed E-state index contributed by atoms with van der Waals surface area (Å²) in [6.45, 7) is 2.44. The maximum atomic E-state index is 13.5. The van der Waals surface area contributed by atoms with Gasteiger partial charge in [-0.1, -0.05) is 30.3 Å². The van der Waals surface area contributed by atoms with Gasteiger partial charge in [-0.25, -0.2) is 8.42 Å². The molecule has 0 bridgehead atoms. The van der Waals surface area contributed by atoms with E-state index in [0.717, 1.165) is 25.0 Å². The SMILES string of the molecule is N#Cc1ccc(S(=O)(=O)N2CCC(C(=O)N(Cc3ccccc3)CC3CCCO3)CC2)cc1. The molecule has 2 heterocycles. The normalized spacial score (nSPS) is 19.8. The first-order valence-electron chi connectivity index (χ1n) is 11.4. The zero-order chi connectivity index (χ0) is 23.3.